The van der Waals surface area contributed by atoms with Crippen LogP contribution < -0.4 is 10.1 Å². The molecule has 0 bridgehead atoms. The van der Waals surface area contributed by atoms with Gasteiger partial charge >= 0.3 is 6.61 Å². The third kappa shape index (κ3) is 5.43. The molecule has 0 amide bonds. The second kappa shape index (κ2) is 7.55. The Morgan fingerprint density at radius 3 is 2.85 bits per heavy atom. The zero-order valence-corrected chi connectivity index (χ0v) is 11.6. The molecule has 1 aliphatic carbocycles. The molecule has 1 aromatic rings. The van der Waals surface area contributed by atoms with Crippen LogP contribution in [0.4, 0.5) is 8.78 Å². The summed E-state index contributed by atoms with van der Waals surface area (Å²) in [5.41, 5.74) is 0.922. The second-order valence-corrected chi connectivity index (χ2v) is 5.15. The first-order valence-electron chi connectivity index (χ1n) is 7.01. The van der Waals surface area contributed by atoms with Crippen LogP contribution in [0.25, 0.3) is 0 Å². The summed E-state index contributed by atoms with van der Waals surface area (Å²) in [6.45, 7) is 1.47. The molecule has 0 spiro atoms. The number of nitrogens with one attached hydrogen (secondary N) is 1. The number of ether oxygens (including phenoxy) is 2. The molecule has 0 heterocycles. The van der Waals surface area contributed by atoms with E-state index in [1.807, 2.05) is 13.0 Å². The zero-order valence-electron chi connectivity index (χ0n) is 11.6. The number of hydrogen-bond acceptors (Lipinski definition) is 3. The van der Waals surface area contributed by atoms with Gasteiger partial charge in [-0.05, 0) is 43.4 Å². The molecular weight excluding hydrogens is 264 g/mol. The van der Waals surface area contributed by atoms with Crippen molar-refractivity contribution in [1.82, 2.24) is 5.32 Å². The number of alkyl halides is 2. The van der Waals surface area contributed by atoms with Gasteiger partial charge in [0.1, 0.15) is 5.75 Å². The summed E-state index contributed by atoms with van der Waals surface area (Å²) in [7, 11) is 0. The summed E-state index contributed by atoms with van der Waals surface area (Å²) in [4.78, 5) is 0. The average molecular weight is 285 g/mol. The third-order valence-electron chi connectivity index (χ3n) is 3.33. The minimum atomic E-state index is -2.79. The summed E-state index contributed by atoms with van der Waals surface area (Å²) >= 11 is 0. The molecule has 1 unspecified atom stereocenters. The fourth-order valence-electron chi connectivity index (χ4n) is 1.96. The zero-order chi connectivity index (χ0) is 14.4. The number of halogens is 2. The standard InChI is InChI=1S/C15H21F2NO2/c1-11(18-7-8-19-10-12-5-6-12)13-3-2-4-14(9-13)20-15(16)17/h2-4,9,11-12,15,18H,5-8,10H2,1H3. The van der Waals surface area contributed by atoms with Crippen LogP contribution in [-0.2, 0) is 4.74 Å². The third-order valence-corrected chi connectivity index (χ3v) is 3.33. The quantitative estimate of drug-likeness (QED) is 0.706. The Hall–Kier alpha value is -1.20. The van der Waals surface area contributed by atoms with Gasteiger partial charge in [-0.25, -0.2) is 0 Å². The van der Waals surface area contributed by atoms with E-state index in [1.54, 1.807) is 12.1 Å². The highest BCUT2D eigenvalue weighted by Gasteiger charge is 2.20. The summed E-state index contributed by atoms with van der Waals surface area (Å²) in [5.74, 6) is 0.965. The highest BCUT2D eigenvalue weighted by atomic mass is 19.3. The van der Waals surface area contributed by atoms with Crippen LogP contribution in [0.15, 0.2) is 24.3 Å². The van der Waals surface area contributed by atoms with Gasteiger partial charge in [0.25, 0.3) is 0 Å². The molecule has 1 fully saturated rings. The maximum absolute atomic E-state index is 12.2. The van der Waals surface area contributed by atoms with Crippen LogP contribution >= 0.6 is 0 Å². The predicted octanol–water partition coefficient (Wildman–Crippen LogP) is 3.37. The first-order chi connectivity index (χ1) is 9.65. The SMILES string of the molecule is CC(NCCOCC1CC1)c1cccc(OC(F)F)c1. The normalized spacial score (nSPS) is 16.4. The lowest BCUT2D eigenvalue weighted by atomic mass is 10.1. The molecule has 0 aliphatic heterocycles. The molecule has 1 aromatic carbocycles. The molecule has 0 aromatic heterocycles. The van der Waals surface area contributed by atoms with E-state index in [1.165, 1.54) is 18.9 Å². The van der Waals surface area contributed by atoms with Gasteiger partial charge in [-0.15, -0.1) is 0 Å². The van der Waals surface area contributed by atoms with Crippen molar-refractivity contribution in [2.45, 2.75) is 32.4 Å². The van der Waals surface area contributed by atoms with E-state index in [4.69, 9.17) is 4.74 Å². The fourth-order valence-corrected chi connectivity index (χ4v) is 1.96. The van der Waals surface area contributed by atoms with Crippen LogP contribution in [0.5, 0.6) is 5.75 Å². The highest BCUT2D eigenvalue weighted by Crippen LogP contribution is 2.28. The number of rotatable bonds is 9. The van der Waals surface area contributed by atoms with E-state index in [-0.39, 0.29) is 11.8 Å². The van der Waals surface area contributed by atoms with Gasteiger partial charge in [-0.2, -0.15) is 8.78 Å². The molecule has 112 valence electrons. The van der Waals surface area contributed by atoms with Crippen molar-refractivity contribution in [3.8, 4) is 5.75 Å². The van der Waals surface area contributed by atoms with Crippen LogP contribution in [0.1, 0.15) is 31.4 Å². The largest absolute Gasteiger partial charge is 0.435 e. The molecule has 0 radical (unpaired) electrons. The highest BCUT2D eigenvalue weighted by molar-refractivity contribution is 5.30. The Morgan fingerprint density at radius 2 is 2.15 bits per heavy atom. The number of hydrogen-bond donors (Lipinski definition) is 1. The van der Waals surface area contributed by atoms with E-state index >= 15 is 0 Å². The minimum absolute atomic E-state index is 0.0701. The average Bonchev–Trinajstić information content (AvgIpc) is 3.22. The molecule has 1 atom stereocenters. The topological polar surface area (TPSA) is 30.5 Å². The number of benzene rings is 1. The van der Waals surface area contributed by atoms with Crippen molar-refractivity contribution in [1.29, 1.82) is 0 Å². The van der Waals surface area contributed by atoms with Crippen LogP contribution in [0, 0.1) is 5.92 Å². The minimum Gasteiger partial charge on any atom is -0.435 e. The molecule has 3 nitrogen and oxygen atoms in total. The molecule has 0 saturated heterocycles. The van der Waals surface area contributed by atoms with Gasteiger partial charge in [-0.3, -0.25) is 0 Å². The first-order valence-corrected chi connectivity index (χ1v) is 7.01. The second-order valence-electron chi connectivity index (χ2n) is 5.15. The molecule has 5 heteroatoms. The van der Waals surface area contributed by atoms with E-state index in [9.17, 15) is 8.78 Å². The Bertz CT molecular complexity index is 411. The fraction of sp³-hybridized carbons (Fsp3) is 0.600. The van der Waals surface area contributed by atoms with E-state index in [0.717, 1.165) is 24.6 Å². The maximum atomic E-state index is 12.2. The van der Waals surface area contributed by atoms with Crippen LogP contribution in [-0.4, -0.2) is 26.4 Å². The van der Waals surface area contributed by atoms with E-state index < -0.39 is 6.61 Å². The van der Waals surface area contributed by atoms with Crippen LogP contribution in [0.3, 0.4) is 0 Å². The van der Waals surface area contributed by atoms with Crippen molar-refractivity contribution >= 4 is 0 Å². The molecule has 1 saturated carbocycles. The summed E-state index contributed by atoms with van der Waals surface area (Å²) in [5, 5.41) is 3.31. The van der Waals surface area contributed by atoms with E-state index in [2.05, 4.69) is 10.1 Å². The monoisotopic (exact) mass is 285 g/mol. The van der Waals surface area contributed by atoms with Crippen molar-refractivity contribution in [2.24, 2.45) is 5.92 Å². The van der Waals surface area contributed by atoms with Crippen molar-refractivity contribution < 1.29 is 18.3 Å². The molecular formula is C15H21F2NO2. The lowest BCUT2D eigenvalue weighted by Crippen LogP contribution is -2.23. The Morgan fingerprint density at radius 1 is 1.35 bits per heavy atom. The lowest BCUT2D eigenvalue weighted by molar-refractivity contribution is -0.0499. The molecule has 2 rings (SSSR count). The smallest absolute Gasteiger partial charge is 0.387 e. The maximum Gasteiger partial charge on any atom is 0.387 e. The Labute approximate surface area is 118 Å². The Balaban J connectivity index is 1.71. The van der Waals surface area contributed by atoms with Gasteiger partial charge in [0.15, 0.2) is 0 Å². The van der Waals surface area contributed by atoms with Gasteiger partial charge in [0.2, 0.25) is 0 Å². The van der Waals surface area contributed by atoms with Crippen molar-refractivity contribution in [2.75, 3.05) is 19.8 Å². The van der Waals surface area contributed by atoms with E-state index in [0.29, 0.717) is 6.61 Å². The van der Waals surface area contributed by atoms with Gasteiger partial charge in [0, 0.05) is 19.2 Å². The molecule has 1 N–H and O–H groups in total. The van der Waals surface area contributed by atoms with Gasteiger partial charge in [-0.1, -0.05) is 12.1 Å². The first kappa shape index (κ1) is 15.2. The summed E-state index contributed by atoms with van der Waals surface area (Å²) in [6.07, 6.45) is 2.58. The van der Waals surface area contributed by atoms with Gasteiger partial charge in [0.05, 0.1) is 6.61 Å². The van der Waals surface area contributed by atoms with Crippen molar-refractivity contribution in [3.63, 3.8) is 0 Å². The van der Waals surface area contributed by atoms with Gasteiger partial charge < -0.3 is 14.8 Å². The van der Waals surface area contributed by atoms with Crippen LogP contribution in [0.2, 0.25) is 0 Å². The lowest BCUT2D eigenvalue weighted by Gasteiger charge is -2.15. The molecule has 1 aliphatic rings. The summed E-state index contributed by atoms with van der Waals surface area (Å²) in [6, 6.07) is 6.84. The van der Waals surface area contributed by atoms with Crippen molar-refractivity contribution in [3.05, 3.63) is 29.8 Å². The Kier molecular flexibility index (Phi) is 5.73. The summed E-state index contributed by atoms with van der Waals surface area (Å²) < 4.78 is 34.2. The predicted molar refractivity (Wildman–Crippen MR) is 73.0 cm³/mol. The molecule has 20 heavy (non-hydrogen) atoms.